The second-order valence-electron chi connectivity index (χ2n) is 5.87. The van der Waals surface area contributed by atoms with Crippen molar-refractivity contribution in [1.82, 2.24) is 15.3 Å². The highest BCUT2D eigenvalue weighted by atomic mass is 15.2. The molecule has 0 unspecified atom stereocenters. The van der Waals surface area contributed by atoms with E-state index in [1.54, 1.807) is 0 Å². The van der Waals surface area contributed by atoms with Gasteiger partial charge in [-0.15, -0.1) is 0 Å². The second kappa shape index (κ2) is 6.33. The van der Waals surface area contributed by atoms with Gasteiger partial charge >= 0.3 is 0 Å². The molecular weight excluding hydrogens is 236 g/mol. The van der Waals surface area contributed by atoms with Crippen molar-refractivity contribution in [2.24, 2.45) is 5.92 Å². The van der Waals surface area contributed by atoms with Crippen LogP contribution in [0.25, 0.3) is 0 Å². The summed E-state index contributed by atoms with van der Waals surface area (Å²) in [7, 11) is 0. The maximum absolute atomic E-state index is 4.67. The summed E-state index contributed by atoms with van der Waals surface area (Å²) in [5.41, 5.74) is 2.32. The van der Waals surface area contributed by atoms with Gasteiger partial charge in [0.1, 0.15) is 0 Å². The van der Waals surface area contributed by atoms with Crippen LogP contribution in [0.5, 0.6) is 0 Å². The first-order valence-electron chi connectivity index (χ1n) is 7.41. The molecule has 1 aliphatic rings. The Morgan fingerprint density at radius 2 is 2.16 bits per heavy atom. The van der Waals surface area contributed by atoms with E-state index in [-0.39, 0.29) is 0 Å². The Hall–Kier alpha value is -1.16. The zero-order valence-electron chi connectivity index (χ0n) is 12.6. The third-order valence-electron chi connectivity index (χ3n) is 3.48. The maximum atomic E-state index is 4.67. The predicted molar refractivity (Wildman–Crippen MR) is 79.4 cm³/mol. The Bertz CT molecular complexity index is 413. The van der Waals surface area contributed by atoms with Crippen molar-refractivity contribution in [3.8, 4) is 0 Å². The van der Waals surface area contributed by atoms with Gasteiger partial charge in [-0.25, -0.2) is 9.97 Å². The lowest BCUT2D eigenvalue weighted by Gasteiger charge is -2.23. The van der Waals surface area contributed by atoms with Gasteiger partial charge in [0.25, 0.3) is 0 Å². The molecule has 4 nitrogen and oxygen atoms in total. The highest BCUT2D eigenvalue weighted by Gasteiger charge is 2.20. The average molecular weight is 262 g/mol. The van der Waals surface area contributed by atoms with Crippen LogP contribution < -0.4 is 10.2 Å². The van der Waals surface area contributed by atoms with E-state index in [2.05, 4.69) is 47.9 Å². The Balaban J connectivity index is 2.02. The molecule has 1 aromatic rings. The lowest BCUT2D eigenvalue weighted by atomic mass is 10.2. The molecule has 0 bridgehead atoms. The Labute approximate surface area is 116 Å². The van der Waals surface area contributed by atoms with Crippen LogP contribution in [0.15, 0.2) is 6.20 Å². The van der Waals surface area contributed by atoms with Gasteiger partial charge in [-0.3, -0.25) is 0 Å². The number of hydrogen-bond donors (Lipinski definition) is 1. The number of anilines is 1. The minimum atomic E-state index is 0.625. The number of nitrogens with one attached hydrogen (secondary N) is 1. The molecule has 0 atom stereocenters. The molecule has 19 heavy (non-hydrogen) atoms. The molecule has 1 fully saturated rings. The van der Waals surface area contributed by atoms with Gasteiger partial charge in [-0.1, -0.05) is 13.8 Å². The van der Waals surface area contributed by atoms with E-state index < -0.39 is 0 Å². The highest BCUT2D eigenvalue weighted by Crippen LogP contribution is 2.20. The molecule has 0 spiro atoms. The summed E-state index contributed by atoms with van der Waals surface area (Å²) in [6.45, 7) is 11.6. The first-order chi connectivity index (χ1) is 9.10. The van der Waals surface area contributed by atoms with Crippen LogP contribution in [-0.4, -0.2) is 29.1 Å². The first kappa shape index (κ1) is 14.3. The minimum Gasteiger partial charge on any atom is -0.341 e. The standard InChI is InChI=1S/C15H26N4/c1-5-19(10-11(2)3)15-17-9-13(12(4)18-15)8-16-14-6-7-14/h9,11,14,16H,5-8,10H2,1-4H3. The third kappa shape index (κ3) is 4.16. The highest BCUT2D eigenvalue weighted by molar-refractivity contribution is 5.32. The van der Waals surface area contributed by atoms with Crippen molar-refractivity contribution in [3.05, 3.63) is 17.5 Å². The minimum absolute atomic E-state index is 0.625. The average Bonchev–Trinajstić information content (AvgIpc) is 3.18. The summed E-state index contributed by atoms with van der Waals surface area (Å²) in [4.78, 5) is 11.5. The summed E-state index contributed by atoms with van der Waals surface area (Å²) in [6, 6.07) is 0.729. The van der Waals surface area contributed by atoms with E-state index in [0.717, 1.165) is 37.3 Å². The van der Waals surface area contributed by atoms with Gasteiger partial charge in [-0.05, 0) is 32.6 Å². The van der Waals surface area contributed by atoms with Crippen molar-refractivity contribution < 1.29 is 0 Å². The van der Waals surface area contributed by atoms with Gasteiger partial charge in [0.15, 0.2) is 0 Å². The normalized spacial score (nSPS) is 15.0. The molecule has 4 heteroatoms. The van der Waals surface area contributed by atoms with E-state index in [0.29, 0.717) is 5.92 Å². The van der Waals surface area contributed by atoms with Crippen LogP contribution in [-0.2, 0) is 6.54 Å². The SMILES string of the molecule is CCN(CC(C)C)c1ncc(CNC2CC2)c(C)n1. The molecular formula is C15H26N4. The van der Waals surface area contributed by atoms with Crippen molar-refractivity contribution >= 4 is 5.95 Å². The zero-order chi connectivity index (χ0) is 13.8. The summed E-state index contributed by atoms with van der Waals surface area (Å²) in [5.74, 6) is 1.49. The molecule has 0 radical (unpaired) electrons. The van der Waals surface area contributed by atoms with Crippen LogP contribution in [0, 0.1) is 12.8 Å². The lowest BCUT2D eigenvalue weighted by Crippen LogP contribution is -2.29. The van der Waals surface area contributed by atoms with Crippen LogP contribution in [0.3, 0.4) is 0 Å². The lowest BCUT2D eigenvalue weighted by molar-refractivity contribution is 0.607. The summed E-state index contributed by atoms with van der Waals surface area (Å²) in [6.07, 6.45) is 4.61. The molecule has 1 heterocycles. The topological polar surface area (TPSA) is 41.1 Å². The number of hydrogen-bond acceptors (Lipinski definition) is 4. The molecule has 0 aliphatic heterocycles. The van der Waals surface area contributed by atoms with Gasteiger partial charge in [0.05, 0.1) is 0 Å². The molecule has 1 N–H and O–H groups in total. The first-order valence-corrected chi connectivity index (χ1v) is 7.41. The largest absolute Gasteiger partial charge is 0.341 e. The summed E-state index contributed by atoms with van der Waals surface area (Å²) >= 11 is 0. The summed E-state index contributed by atoms with van der Waals surface area (Å²) in [5, 5.41) is 3.51. The molecule has 0 amide bonds. The Morgan fingerprint density at radius 3 is 2.68 bits per heavy atom. The van der Waals surface area contributed by atoms with E-state index in [9.17, 15) is 0 Å². The van der Waals surface area contributed by atoms with Crippen LogP contribution in [0.1, 0.15) is 44.9 Å². The predicted octanol–water partition coefficient (Wildman–Crippen LogP) is 2.52. The van der Waals surface area contributed by atoms with Gasteiger partial charge < -0.3 is 10.2 Å². The zero-order valence-corrected chi connectivity index (χ0v) is 12.6. The molecule has 1 aromatic heterocycles. The van der Waals surface area contributed by atoms with E-state index in [1.165, 1.54) is 18.4 Å². The Kier molecular flexibility index (Phi) is 4.75. The fourth-order valence-corrected chi connectivity index (χ4v) is 2.14. The Morgan fingerprint density at radius 1 is 1.42 bits per heavy atom. The van der Waals surface area contributed by atoms with Crippen LogP contribution in [0.2, 0.25) is 0 Å². The van der Waals surface area contributed by atoms with Gasteiger partial charge in [0, 0.05) is 43.1 Å². The van der Waals surface area contributed by atoms with Crippen molar-refractivity contribution in [3.63, 3.8) is 0 Å². The van der Waals surface area contributed by atoms with Crippen LogP contribution >= 0.6 is 0 Å². The fraction of sp³-hybridized carbons (Fsp3) is 0.733. The molecule has 0 aromatic carbocycles. The van der Waals surface area contributed by atoms with Gasteiger partial charge in [-0.2, -0.15) is 0 Å². The van der Waals surface area contributed by atoms with Crippen molar-refractivity contribution in [2.75, 3.05) is 18.0 Å². The number of aryl methyl sites for hydroxylation is 1. The molecule has 2 rings (SSSR count). The molecule has 1 aliphatic carbocycles. The third-order valence-corrected chi connectivity index (χ3v) is 3.48. The second-order valence-corrected chi connectivity index (χ2v) is 5.87. The van der Waals surface area contributed by atoms with E-state index in [4.69, 9.17) is 0 Å². The van der Waals surface area contributed by atoms with Crippen molar-refractivity contribution in [2.45, 2.75) is 53.1 Å². The smallest absolute Gasteiger partial charge is 0.225 e. The number of nitrogens with zero attached hydrogens (tertiary/aromatic N) is 3. The quantitative estimate of drug-likeness (QED) is 0.820. The molecule has 106 valence electrons. The van der Waals surface area contributed by atoms with E-state index >= 15 is 0 Å². The van der Waals surface area contributed by atoms with E-state index in [1.807, 2.05) is 6.20 Å². The number of aromatic nitrogens is 2. The van der Waals surface area contributed by atoms with Gasteiger partial charge in [0.2, 0.25) is 5.95 Å². The van der Waals surface area contributed by atoms with Crippen LogP contribution in [0.4, 0.5) is 5.95 Å². The maximum Gasteiger partial charge on any atom is 0.225 e. The molecule has 0 saturated heterocycles. The molecule has 1 saturated carbocycles. The number of rotatable bonds is 7. The monoisotopic (exact) mass is 262 g/mol. The van der Waals surface area contributed by atoms with Crippen molar-refractivity contribution in [1.29, 1.82) is 0 Å². The summed E-state index contributed by atoms with van der Waals surface area (Å²) < 4.78 is 0. The fourth-order valence-electron chi connectivity index (χ4n) is 2.14.